The maximum Gasteiger partial charge on any atom is 0.410 e. The molecule has 0 radical (unpaired) electrons. The van der Waals surface area contributed by atoms with Crippen LogP contribution in [0, 0.1) is 34.0 Å². The number of ether oxygens (including phenoxy) is 1. The molecule has 0 aromatic heterocycles. The van der Waals surface area contributed by atoms with Gasteiger partial charge in [0.2, 0.25) is 0 Å². The van der Waals surface area contributed by atoms with Crippen LogP contribution in [0.5, 0.6) is 0 Å². The molecule has 1 fully saturated rings. The number of sulfone groups is 1. The van der Waals surface area contributed by atoms with Gasteiger partial charge >= 0.3 is 6.09 Å². The van der Waals surface area contributed by atoms with E-state index >= 15 is 0 Å². The maximum absolute atomic E-state index is 12.3. The summed E-state index contributed by atoms with van der Waals surface area (Å²) in [5.41, 5.74) is -0.471. The number of anilines is 2. The number of nitrogens with one attached hydrogen (secondary N) is 1. The molecule has 10 nitrogen and oxygen atoms in total. The molecule has 1 amide bonds. The highest BCUT2D eigenvalue weighted by molar-refractivity contribution is 7.90. The number of allylic oxidation sites excluding steroid dienone is 2. The van der Waals surface area contributed by atoms with Gasteiger partial charge in [-0.05, 0) is 39.0 Å². The fourth-order valence-corrected chi connectivity index (χ4v) is 3.64. The number of nitriles is 3. The predicted octanol–water partition coefficient (Wildman–Crippen LogP) is 2.38. The van der Waals surface area contributed by atoms with Crippen LogP contribution < -0.4 is 10.2 Å². The first kappa shape index (κ1) is 24.5. The number of piperazine rings is 1. The second kappa shape index (κ2) is 9.59. The van der Waals surface area contributed by atoms with Gasteiger partial charge in [0.1, 0.15) is 29.5 Å². The molecule has 2 rings (SSSR count). The highest BCUT2D eigenvalue weighted by atomic mass is 32.2. The van der Waals surface area contributed by atoms with Crippen molar-refractivity contribution in [2.45, 2.75) is 31.3 Å². The predicted molar refractivity (Wildman–Crippen MR) is 117 cm³/mol. The molecule has 0 bridgehead atoms. The van der Waals surface area contributed by atoms with Gasteiger partial charge in [-0.3, -0.25) is 0 Å². The van der Waals surface area contributed by atoms with Crippen molar-refractivity contribution in [2.24, 2.45) is 0 Å². The molecule has 1 aliphatic heterocycles. The number of benzene rings is 1. The van der Waals surface area contributed by atoms with Crippen LogP contribution in [0.4, 0.5) is 16.2 Å². The van der Waals surface area contributed by atoms with E-state index in [0.717, 1.165) is 6.26 Å². The van der Waals surface area contributed by atoms with E-state index in [0.29, 0.717) is 31.9 Å². The smallest absolute Gasteiger partial charge is 0.410 e. The van der Waals surface area contributed by atoms with Crippen molar-refractivity contribution in [3.63, 3.8) is 0 Å². The summed E-state index contributed by atoms with van der Waals surface area (Å²) in [6.45, 7) is 7.00. The second-order valence-corrected chi connectivity index (χ2v) is 10.1. The summed E-state index contributed by atoms with van der Waals surface area (Å²) in [6.07, 6.45) is 0.646. The van der Waals surface area contributed by atoms with Crippen molar-refractivity contribution in [3.8, 4) is 18.2 Å². The van der Waals surface area contributed by atoms with Crippen molar-refractivity contribution in [2.75, 3.05) is 42.7 Å². The zero-order valence-corrected chi connectivity index (χ0v) is 19.2. The van der Waals surface area contributed by atoms with E-state index in [1.54, 1.807) is 49.9 Å². The number of hydrogen-bond donors (Lipinski definition) is 1. The van der Waals surface area contributed by atoms with E-state index in [-0.39, 0.29) is 16.3 Å². The topological polar surface area (TPSA) is 150 Å². The molecule has 0 unspecified atom stereocenters. The molecule has 0 saturated carbocycles. The monoisotopic (exact) mass is 456 g/mol. The third-order valence-electron chi connectivity index (χ3n) is 4.51. The van der Waals surface area contributed by atoms with E-state index in [9.17, 15) is 18.5 Å². The lowest BCUT2D eigenvalue weighted by Crippen LogP contribution is -2.50. The summed E-state index contributed by atoms with van der Waals surface area (Å²) >= 11 is 0. The zero-order valence-electron chi connectivity index (χ0n) is 18.3. The van der Waals surface area contributed by atoms with Crippen molar-refractivity contribution < 1.29 is 17.9 Å². The zero-order chi connectivity index (χ0) is 24.1. The number of nitrogens with zero attached hydrogens (tertiary/aromatic N) is 5. The van der Waals surface area contributed by atoms with Crippen LogP contribution in [0.3, 0.4) is 0 Å². The van der Waals surface area contributed by atoms with Crippen LogP contribution in [0.1, 0.15) is 20.8 Å². The molecule has 0 atom stereocenters. The van der Waals surface area contributed by atoms with Gasteiger partial charge in [-0.15, -0.1) is 0 Å². The molecule has 32 heavy (non-hydrogen) atoms. The Hall–Kier alpha value is -3.75. The third kappa shape index (κ3) is 6.13. The summed E-state index contributed by atoms with van der Waals surface area (Å²) in [5.74, 6) is 0. The number of hydrogen-bond acceptors (Lipinski definition) is 9. The Kier molecular flexibility index (Phi) is 7.35. The van der Waals surface area contributed by atoms with Crippen LogP contribution in [0.2, 0.25) is 0 Å². The van der Waals surface area contributed by atoms with Gasteiger partial charge in [-0.1, -0.05) is 0 Å². The average molecular weight is 457 g/mol. The van der Waals surface area contributed by atoms with Crippen molar-refractivity contribution in [3.05, 3.63) is 29.5 Å². The quantitative estimate of drug-likeness (QED) is 0.673. The highest BCUT2D eigenvalue weighted by Crippen LogP contribution is 2.31. The summed E-state index contributed by atoms with van der Waals surface area (Å²) in [5, 5.41) is 30.3. The van der Waals surface area contributed by atoms with Gasteiger partial charge in [0.15, 0.2) is 15.4 Å². The van der Waals surface area contributed by atoms with Gasteiger partial charge in [0.05, 0.1) is 16.3 Å². The van der Waals surface area contributed by atoms with Crippen molar-refractivity contribution in [1.82, 2.24) is 4.90 Å². The molecule has 1 heterocycles. The van der Waals surface area contributed by atoms with Gasteiger partial charge in [0.25, 0.3) is 0 Å². The summed E-state index contributed by atoms with van der Waals surface area (Å²) in [7, 11) is -3.54. The summed E-state index contributed by atoms with van der Waals surface area (Å²) in [4.78, 5) is 15.8. The van der Waals surface area contributed by atoms with E-state index in [1.165, 1.54) is 12.1 Å². The highest BCUT2D eigenvalue weighted by Gasteiger charge is 2.27. The summed E-state index contributed by atoms with van der Waals surface area (Å²) < 4.78 is 29.4. The Labute approximate surface area is 187 Å². The third-order valence-corrected chi connectivity index (χ3v) is 5.62. The Morgan fingerprint density at radius 1 is 1.06 bits per heavy atom. The Bertz CT molecular complexity index is 1140. The van der Waals surface area contributed by atoms with Gasteiger partial charge < -0.3 is 19.9 Å². The Morgan fingerprint density at radius 3 is 2.12 bits per heavy atom. The van der Waals surface area contributed by atoms with Crippen LogP contribution in [-0.2, 0) is 14.6 Å². The van der Waals surface area contributed by atoms with Crippen molar-refractivity contribution >= 4 is 27.3 Å². The first-order chi connectivity index (χ1) is 14.9. The lowest BCUT2D eigenvalue weighted by atomic mass is 10.2. The van der Waals surface area contributed by atoms with Crippen molar-refractivity contribution in [1.29, 1.82) is 15.8 Å². The minimum absolute atomic E-state index is 0.0175. The Morgan fingerprint density at radius 2 is 1.66 bits per heavy atom. The molecule has 1 aromatic rings. The standard InChI is InChI=1S/C21H24N6O4S/c1-21(2,3)31-20(28)27-9-7-26(8-10-27)19-6-5-16(32(4,29)30)11-17(19)25-18(14-24)15(12-22)13-23/h5-6,11,25H,7-10H2,1-4H3. The molecule has 0 spiro atoms. The molecule has 11 heteroatoms. The fraction of sp³-hybridized carbons (Fsp3) is 0.429. The largest absolute Gasteiger partial charge is 0.444 e. The molecule has 1 N–H and O–H groups in total. The molecular formula is C21H24N6O4S. The van der Waals surface area contributed by atoms with Gasteiger partial charge in [0, 0.05) is 32.4 Å². The SMILES string of the molecule is CC(C)(C)OC(=O)N1CCN(c2ccc(S(C)(=O)=O)cc2NC(C#N)=C(C#N)C#N)CC1. The molecule has 1 saturated heterocycles. The lowest BCUT2D eigenvalue weighted by Gasteiger charge is -2.37. The van der Waals surface area contributed by atoms with Crippen LogP contribution in [0.25, 0.3) is 0 Å². The number of rotatable bonds is 4. The first-order valence-corrected chi connectivity index (χ1v) is 11.6. The molecular weight excluding hydrogens is 432 g/mol. The van der Waals surface area contributed by atoms with Crippen LogP contribution >= 0.6 is 0 Å². The second-order valence-electron chi connectivity index (χ2n) is 8.12. The normalized spacial score (nSPS) is 13.9. The molecule has 1 aliphatic rings. The minimum atomic E-state index is -3.54. The van der Waals surface area contributed by atoms with Gasteiger partial charge in [-0.25, -0.2) is 13.2 Å². The number of amides is 1. The molecule has 1 aromatic carbocycles. The molecule has 0 aliphatic carbocycles. The number of carbonyl (C=O) groups is 1. The Balaban J connectivity index is 2.36. The fourth-order valence-electron chi connectivity index (χ4n) is 3.00. The first-order valence-electron chi connectivity index (χ1n) is 9.68. The van der Waals surface area contributed by atoms with E-state index in [1.807, 2.05) is 4.90 Å². The minimum Gasteiger partial charge on any atom is -0.444 e. The summed E-state index contributed by atoms with van der Waals surface area (Å²) in [6, 6.07) is 9.46. The molecule has 168 valence electrons. The van der Waals surface area contributed by atoms with Crippen LogP contribution in [0.15, 0.2) is 34.4 Å². The van der Waals surface area contributed by atoms with Crippen LogP contribution in [-0.4, -0.2) is 57.4 Å². The number of carbonyl (C=O) groups excluding carboxylic acids is 1. The maximum atomic E-state index is 12.3. The van der Waals surface area contributed by atoms with Gasteiger partial charge in [-0.2, -0.15) is 15.8 Å². The lowest BCUT2D eigenvalue weighted by molar-refractivity contribution is 0.0240. The van der Waals surface area contributed by atoms with E-state index in [2.05, 4.69) is 5.32 Å². The average Bonchev–Trinajstić information content (AvgIpc) is 2.72. The van der Waals surface area contributed by atoms with E-state index in [4.69, 9.17) is 15.3 Å². The van der Waals surface area contributed by atoms with E-state index < -0.39 is 27.1 Å².